The maximum atomic E-state index is 12.2. The standard InChI is InChI=1S/C13H19N3O4/c1-13(2,3)16-9(17)6-20-11(12(18)19)10(16)8-5-14-7-15(8)4/h5,7,10-11H,6H2,1-4H3,(H,18,19). The third kappa shape index (κ3) is 2.40. The fraction of sp³-hybridized carbons (Fsp3) is 0.615. The normalized spacial score (nSPS) is 24.0. The Hall–Kier alpha value is -1.89. The fourth-order valence-electron chi connectivity index (χ4n) is 2.55. The molecule has 0 bridgehead atoms. The Kier molecular flexibility index (Phi) is 3.56. The minimum Gasteiger partial charge on any atom is -0.479 e. The van der Waals surface area contributed by atoms with Crippen LogP contribution in [0.1, 0.15) is 32.5 Å². The Labute approximate surface area is 117 Å². The van der Waals surface area contributed by atoms with E-state index in [4.69, 9.17) is 4.74 Å². The van der Waals surface area contributed by atoms with Gasteiger partial charge in [0.25, 0.3) is 0 Å². The van der Waals surface area contributed by atoms with Crippen LogP contribution < -0.4 is 0 Å². The van der Waals surface area contributed by atoms with Crippen LogP contribution in [0.4, 0.5) is 0 Å². The van der Waals surface area contributed by atoms with Gasteiger partial charge in [-0.2, -0.15) is 0 Å². The molecule has 2 heterocycles. The molecule has 20 heavy (non-hydrogen) atoms. The van der Waals surface area contributed by atoms with E-state index in [2.05, 4.69) is 4.98 Å². The Bertz CT molecular complexity index is 532. The summed E-state index contributed by atoms with van der Waals surface area (Å²) in [6.07, 6.45) is 2.05. The van der Waals surface area contributed by atoms with Crippen molar-refractivity contribution in [3.8, 4) is 0 Å². The molecule has 0 aliphatic carbocycles. The summed E-state index contributed by atoms with van der Waals surface area (Å²) in [6, 6.07) is -0.693. The van der Waals surface area contributed by atoms with Crippen molar-refractivity contribution in [2.24, 2.45) is 7.05 Å². The summed E-state index contributed by atoms with van der Waals surface area (Å²) < 4.78 is 6.95. The minimum atomic E-state index is -1.10. The first-order valence-electron chi connectivity index (χ1n) is 6.36. The summed E-state index contributed by atoms with van der Waals surface area (Å²) in [4.78, 5) is 29.2. The number of rotatable bonds is 2. The first-order valence-corrected chi connectivity index (χ1v) is 6.36. The van der Waals surface area contributed by atoms with Crippen molar-refractivity contribution in [2.45, 2.75) is 38.5 Å². The van der Waals surface area contributed by atoms with E-state index in [1.165, 1.54) is 0 Å². The zero-order chi connectivity index (χ0) is 15.1. The van der Waals surface area contributed by atoms with E-state index in [0.717, 1.165) is 0 Å². The summed E-state index contributed by atoms with van der Waals surface area (Å²) in [6.45, 7) is 5.40. The molecule has 110 valence electrons. The summed E-state index contributed by atoms with van der Waals surface area (Å²) >= 11 is 0. The van der Waals surface area contributed by atoms with Gasteiger partial charge in [-0.15, -0.1) is 0 Å². The van der Waals surface area contributed by atoms with E-state index in [1.807, 2.05) is 20.8 Å². The molecule has 1 aliphatic rings. The van der Waals surface area contributed by atoms with Gasteiger partial charge >= 0.3 is 5.97 Å². The first kappa shape index (κ1) is 14.5. The highest BCUT2D eigenvalue weighted by atomic mass is 16.5. The lowest BCUT2D eigenvalue weighted by Gasteiger charge is -2.46. The number of nitrogens with zero attached hydrogens (tertiary/aromatic N) is 3. The highest BCUT2D eigenvalue weighted by Gasteiger charge is 2.47. The van der Waals surface area contributed by atoms with Crippen molar-refractivity contribution in [3.05, 3.63) is 18.2 Å². The van der Waals surface area contributed by atoms with Crippen molar-refractivity contribution in [2.75, 3.05) is 6.61 Å². The molecule has 0 saturated carbocycles. The van der Waals surface area contributed by atoms with Gasteiger partial charge < -0.3 is 19.3 Å². The number of aliphatic carboxylic acids is 1. The van der Waals surface area contributed by atoms with Gasteiger partial charge in [-0.25, -0.2) is 9.78 Å². The molecular formula is C13H19N3O4. The van der Waals surface area contributed by atoms with Gasteiger partial charge in [-0.1, -0.05) is 0 Å². The number of carboxylic acid groups (broad SMARTS) is 1. The molecular weight excluding hydrogens is 262 g/mol. The molecule has 7 nitrogen and oxygen atoms in total. The molecule has 2 rings (SSSR count). The Morgan fingerprint density at radius 3 is 2.60 bits per heavy atom. The van der Waals surface area contributed by atoms with Crippen LogP contribution in [0.25, 0.3) is 0 Å². The lowest BCUT2D eigenvalue weighted by atomic mass is 9.95. The molecule has 0 spiro atoms. The molecule has 0 aromatic carbocycles. The quantitative estimate of drug-likeness (QED) is 0.856. The maximum Gasteiger partial charge on any atom is 0.335 e. The van der Waals surface area contributed by atoms with Crippen LogP contribution in [0, 0.1) is 0 Å². The number of morpholine rings is 1. The highest BCUT2D eigenvalue weighted by molar-refractivity contribution is 5.83. The summed E-state index contributed by atoms with van der Waals surface area (Å²) in [5.74, 6) is -1.31. The SMILES string of the molecule is Cn1cncc1C1C(C(=O)O)OCC(=O)N1C(C)(C)C. The van der Waals surface area contributed by atoms with Crippen LogP contribution in [-0.4, -0.2) is 49.7 Å². The summed E-state index contributed by atoms with van der Waals surface area (Å²) in [5, 5.41) is 9.38. The zero-order valence-electron chi connectivity index (χ0n) is 12.0. The van der Waals surface area contributed by atoms with Gasteiger partial charge in [0.15, 0.2) is 6.10 Å². The zero-order valence-corrected chi connectivity index (χ0v) is 12.0. The average Bonchev–Trinajstić information content (AvgIpc) is 2.72. The lowest BCUT2D eigenvalue weighted by Crippen LogP contribution is -2.58. The predicted octanol–water partition coefficient (Wildman–Crippen LogP) is 0.572. The number of aryl methyl sites for hydroxylation is 1. The van der Waals surface area contributed by atoms with Gasteiger partial charge in [0.2, 0.25) is 5.91 Å². The number of carbonyl (C=O) groups is 2. The smallest absolute Gasteiger partial charge is 0.335 e. The second-order valence-corrected chi connectivity index (χ2v) is 5.88. The van der Waals surface area contributed by atoms with E-state index in [0.29, 0.717) is 5.69 Å². The lowest BCUT2D eigenvalue weighted by molar-refractivity contribution is -0.180. The van der Waals surface area contributed by atoms with E-state index >= 15 is 0 Å². The predicted molar refractivity (Wildman–Crippen MR) is 69.9 cm³/mol. The average molecular weight is 281 g/mol. The number of hydrogen-bond donors (Lipinski definition) is 1. The third-order valence-corrected chi connectivity index (χ3v) is 3.34. The molecule has 1 fully saturated rings. The molecule has 2 unspecified atom stereocenters. The van der Waals surface area contributed by atoms with Gasteiger partial charge in [0.05, 0.1) is 18.2 Å². The Morgan fingerprint density at radius 1 is 1.50 bits per heavy atom. The number of hydrogen-bond acceptors (Lipinski definition) is 4. The molecule has 1 aromatic rings. The van der Waals surface area contributed by atoms with E-state index in [9.17, 15) is 14.7 Å². The fourth-order valence-corrected chi connectivity index (χ4v) is 2.55. The van der Waals surface area contributed by atoms with Crippen molar-refractivity contribution in [1.82, 2.24) is 14.5 Å². The molecule has 1 aromatic heterocycles. The molecule has 1 saturated heterocycles. The van der Waals surface area contributed by atoms with Crippen LogP contribution in [0.15, 0.2) is 12.5 Å². The van der Waals surface area contributed by atoms with E-state index in [-0.39, 0.29) is 12.5 Å². The van der Waals surface area contributed by atoms with Gasteiger partial charge in [-0.3, -0.25) is 4.79 Å². The summed E-state index contributed by atoms with van der Waals surface area (Å²) in [7, 11) is 1.77. The van der Waals surface area contributed by atoms with Crippen LogP contribution in [0.5, 0.6) is 0 Å². The van der Waals surface area contributed by atoms with Crippen LogP contribution in [0.2, 0.25) is 0 Å². The van der Waals surface area contributed by atoms with Crippen LogP contribution >= 0.6 is 0 Å². The number of amides is 1. The van der Waals surface area contributed by atoms with Crippen molar-refractivity contribution >= 4 is 11.9 Å². The second-order valence-electron chi connectivity index (χ2n) is 5.88. The highest BCUT2D eigenvalue weighted by Crippen LogP contribution is 2.35. The molecule has 2 atom stereocenters. The van der Waals surface area contributed by atoms with Crippen LogP contribution in [0.3, 0.4) is 0 Å². The van der Waals surface area contributed by atoms with Gasteiger partial charge in [0, 0.05) is 12.6 Å². The van der Waals surface area contributed by atoms with Crippen molar-refractivity contribution in [3.63, 3.8) is 0 Å². The summed E-state index contributed by atoms with van der Waals surface area (Å²) in [5.41, 5.74) is 0.129. The van der Waals surface area contributed by atoms with Crippen molar-refractivity contribution in [1.29, 1.82) is 0 Å². The number of carboxylic acids is 1. The number of ether oxygens (including phenoxy) is 1. The van der Waals surface area contributed by atoms with E-state index in [1.54, 1.807) is 29.0 Å². The molecule has 1 amide bonds. The Morgan fingerprint density at radius 2 is 2.15 bits per heavy atom. The number of aromatic nitrogens is 2. The second kappa shape index (κ2) is 4.90. The van der Waals surface area contributed by atoms with Gasteiger partial charge in [-0.05, 0) is 20.8 Å². The van der Waals surface area contributed by atoms with E-state index < -0.39 is 23.7 Å². The number of carbonyl (C=O) groups excluding carboxylic acids is 1. The van der Waals surface area contributed by atoms with Gasteiger partial charge in [0.1, 0.15) is 12.6 Å². The Balaban J connectivity index is 2.53. The maximum absolute atomic E-state index is 12.2. The molecule has 0 radical (unpaired) electrons. The largest absolute Gasteiger partial charge is 0.479 e. The number of imidazole rings is 1. The third-order valence-electron chi connectivity index (χ3n) is 3.34. The van der Waals surface area contributed by atoms with Crippen LogP contribution in [-0.2, 0) is 21.4 Å². The topological polar surface area (TPSA) is 84.7 Å². The molecule has 1 N–H and O–H groups in total. The minimum absolute atomic E-state index is 0.220. The molecule has 7 heteroatoms. The molecule has 1 aliphatic heterocycles. The monoisotopic (exact) mass is 281 g/mol. The first-order chi connectivity index (χ1) is 9.23. The van der Waals surface area contributed by atoms with Crippen molar-refractivity contribution < 1.29 is 19.4 Å².